The minimum Gasteiger partial charge on any atom is -0.496 e. The summed E-state index contributed by atoms with van der Waals surface area (Å²) in [6.45, 7) is 9.98. The molecule has 2 aromatic rings. The molecule has 1 unspecified atom stereocenters. The second-order valence-corrected chi connectivity index (χ2v) is 14.1. The number of amides is 1. The number of para-hydroxylation sites is 1. The highest BCUT2D eigenvalue weighted by atomic mass is 16.7. The maximum atomic E-state index is 14.1. The number of fused-ring (bicyclic) bond motifs is 2. The first kappa shape index (κ1) is 32.7. The maximum absolute atomic E-state index is 14.1. The Bertz CT molecular complexity index is 1330. The van der Waals surface area contributed by atoms with Crippen molar-refractivity contribution in [1.82, 2.24) is 15.7 Å². The molecule has 4 aliphatic rings. The quantitative estimate of drug-likeness (QED) is 0.306. The number of anilines is 1. The zero-order valence-corrected chi connectivity index (χ0v) is 27.8. The van der Waals surface area contributed by atoms with Crippen LogP contribution in [0.4, 0.5) is 5.69 Å². The van der Waals surface area contributed by atoms with Gasteiger partial charge in [0.05, 0.1) is 25.9 Å². The lowest BCUT2D eigenvalue weighted by molar-refractivity contribution is -0.175. The molecule has 4 fully saturated rings. The fourth-order valence-corrected chi connectivity index (χ4v) is 8.27. The molecule has 1 saturated heterocycles. The lowest BCUT2D eigenvalue weighted by Gasteiger charge is -2.62. The summed E-state index contributed by atoms with van der Waals surface area (Å²) in [7, 11) is 7.70. The van der Waals surface area contributed by atoms with E-state index in [0.29, 0.717) is 29.7 Å². The zero-order valence-electron chi connectivity index (χ0n) is 27.8. The second-order valence-electron chi connectivity index (χ2n) is 14.1. The molecule has 9 nitrogen and oxygen atoms in total. The highest BCUT2D eigenvalue weighted by molar-refractivity contribution is 5.83. The van der Waals surface area contributed by atoms with Crippen LogP contribution in [0.15, 0.2) is 36.4 Å². The average molecular weight is 608 g/mol. The van der Waals surface area contributed by atoms with E-state index < -0.39 is 24.2 Å². The molecular weight excluding hydrogens is 554 g/mol. The second kappa shape index (κ2) is 13.0. The summed E-state index contributed by atoms with van der Waals surface area (Å²) in [6, 6.07) is 12.0. The van der Waals surface area contributed by atoms with E-state index in [-0.39, 0.29) is 18.5 Å². The van der Waals surface area contributed by atoms with E-state index in [4.69, 9.17) is 15.3 Å². The van der Waals surface area contributed by atoms with Gasteiger partial charge in [0.2, 0.25) is 5.91 Å². The largest absolute Gasteiger partial charge is 0.496 e. The third kappa shape index (κ3) is 5.97. The standard InChI is InChI=1S/C35H53N5O4/c1-20-28-15-25(35(28,3)4)16-29(20)38-34(42)32-31(21(2)41)30(17-36)44-40(32)19-23-10-9-11-27(33(23)43-8)24-12-22(18-37-5)13-26(14-24)39(6)7/h9-14,20-21,25,28-32,37,41H,15-19,36H2,1-8H3,(H,38,42)/t20-,21-,25+,28-,29?,30-,31+,32-/m0/s1. The molecule has 0 radical (unpaired) electrons. The molecule has 5 N–H and O–H groups in total. The monoisotopic (exact) mass is 607 g/mol. The summed E-state index contributed by atoms with van der Waals surface area (Å²) in [5, 5.41) is 19.3. The predicted octanol–water partition coefficient (Wildman–Crippen LogP) is 3.77. The average Bonchev–Trinajstić information content (AvgIpc) is 3.36. The van der Waals surface area contributed by atoms with Crippen LogP contribution in [0.3, 0.4) is 0 Å². The van der Waals surface area contributed by atoms with E-state index in [9.17, 15) is 9.90 Å². The number of benzene rings is 2. The molecule has 1 aliphatic heterocycles. The summed E-state index contributed by atoms with van der Waals surface area (Å²) < 4.78 is 6.05. The van der Waals surface area contributed by atoms with E-state index in [2.05, 4.69) is 60.6 Å². The van der Waals surface area contributed by atoms with Gasteiger partial charge in [0, 0.05) is 56.0 Å². The van der Waals surface area contributed by atoms with Gasteiger partial charge >= 0.3 is 0 Å². The minimum absolute atomic E-state index is 0.103. The van der Waals surface area contributed by atoms with Crippen LogP contribution in [-0.2, 0) is 22.7 Å². The van der Waals surface area contributed by atoms with E-state index in [1.54, 1.807) is 19.1 Å². The maximum Gasteiger partial charge on any atom is 0.240 e. The van der Waals surface area contributed by atoms with E-state index >= 15 is 0 Å². The van der Waals surface area contributed by atoms with Crippen molar-refractivity contribution >= 4 is 11.6 Å². The number of methoxy groups -OCH3 is 1. The molecule has 0 aromatic heterocycles. The molecule has 242 valence electrons. The third-order valence-corrected chi connectivity index (χ3v) is 10.9. The highest BCUT2D eigenvalue weighted by Crippen LogP contribution is 2.61. The number of hydrogen-bond donors (Lipinski definition) is 4. The van der Waals surface area contributed by atoms with Crippen molar-refractivity contribution in [3.05, 3.63) is 47.5 Å². The number of ether oxygens (including phenoxy) is 1. The topological polar surface area (TPSA) is 112 Å². The van der Waals surface area contributed by atoms with Gasteiger partial charge in [-0.1, -0.05) is 39.0 Å². The van der Waals surface area contributed by atoms with Crippen LogP contribution in [0.5, 0.6) is 5.75 Å². The Balaban J connectivity index is 1.45. The summed E-state index contributed by atoms with van der Waals surface area (Å²) >= 11 is 0. The number of hydrogen-bond acceptors (Lipinski definition) is 8. The van der Waals surface area contributed by atoms with Crippen LogP contribution in [0, 0.1) is 29.1 Å². The van der Waals surface area contributed by atoms with Gasteiger partial charge in [-0.15, -0.1) is 0 Å². The Labute approximate surface area is 263 Å². The van der Waals surface area contributed by atoms with Gasteiger partial charge < -0.3 is 31.1 Å². The smallest absolute Gasteiger partial charge is 0.240 e. The van der Waals surface area contributed by atoms with Crippen molar-refractivity contribution in [3.63, 3.8) is 0 Å². The Kier molecular flexibility index (Phi) is 9.64. The number of hydroxylamine groups is 2. The third-order valence-electron chi connectivity index (χ3n) is 10.9. The molecule has 2 aromatic carbocycles. The number of rotatable bonds is 11. The molecule has 3 aliphatic carbocycles. The van der Waals surface area contributed by atoms with Crippen LogP contribution in [0.25, 0.3) is 11.1 Å². The molecule has 0 spiro atoms. The Hall–Kier alpha value is -2.69. The predicted molar refractivity (Wildman–Crippen MR) is 175 cm³/mol. The Morgan fingerprint density at radius 1 is 1.25 bits per heavy atom. The molecular formula is C35H53N5O4. The lowest BCUT2D eigenvalue weighted by atomic mass is 9.45. The lowest BCUT2D eigenvalue weighted by Crippen LogP contribution is -2.62. The molecule has 9 heteroatoms. The van der Waals surface area contributed by atoms with Gasteiger partial charge in [0.25, 0.3) is 0 Å². The number of aliphatic hydroxyl groups is 1. The molecule has 1 heterocycles. The summed E-state index contributed by atoms with van der Waals surface area (Å²) in [4.78, 5) is 22.6. The summed E-state index contributed by atoms with van der Waals surface area (Å²) in [5.74, 6) is 1.80. The van der Waals surface area contributed by atoms with Crippen LogP contribution < -0.4 is 26.0 Å². The first-order valence-corrected chi connectivity index (χ1v) is 16.1. The fraction of sp³-hybridized carbons (Fsp3) is 0.629. The van der Waals surface area contributed by atoms with E-state index in [1.807, 2.05) is 33.3 Å². The molecule has 2 bridgehead atoms. The van der Waals surface area contributed by atoms with E-state index in [0.717, 1.165) is 41.1 Å². The van der Waals surface area contributed by atoms with Crippen molar-refractivity contribution in [2.24, 2.45) is 34.8 Å². The van der Waals surface area contributed by atoms with Crippen molar-refractivity contribution in [3.8, 4) is 16.9 Å². The number of carbonyl (C=O) groups is 1. The Morgan fingerprint density at radius 3 is 2.59 bits per heavy atom. The van der Waals surface area contributed by atoms with Crippen molar-refractivity contribution in [2.75, 3.05) is 39.7 Å². The number of nitrogens with zero attached hydrogens (tertiary/aromatic N) is 2. The van der Waals surface area contributed by atoms with Gasteiger partial charge in [0.15, 0.2) is 0 Å². The number of nitrogens with two attached hydrogens (primary N) is 1. The zero-order chi connectivity index (χ0) is 31.9. The van der Waals surface area contributed by atoms with Gasteiger partial charge in [-0.3, -0.25) is 9.63 Å². The van der Waals surface area contributed by atoms with Crippen LogP contribution in [-0.4, -0.2) is 75.2 Å². The van der Waals surface area contributed by atoms with Crippen LogP contribution in [0.1, 0.15) is 51.7 Å². The van der Waals surface area contributed by atoms with E-state index in [1.165, 1.54) is 12.0 Å². The van der Waals surface area contributed by atoms with Crippen molar-refractivity contribution in [1.29, 1.82) is 0 Å². The number of aliphatic hydroxyl groups excluding tert-OH is 1. The molecule has 6 rings (SSSR count). The van der Waals surface area contributed by atoms with Gasteiger partial charge in [0.1, 0.15) is 11.8 Å². The van der Waals surface area contributed by atoms with Crippen molar-refractivity contribution < 1.29 is 19.5 Å². The molecule has 1 amide bonds. The van der Waals surface area contributed by atoms with Gasteiger partial charge in [-0.2, -0.15) is 5.06 Å². The summed E-state index contributed by atoms with van der Waals surface area (Å²) in [6.07, 6.45) is 0.987. The van der Waals surface area contributed by atoms with Gasteiger partial charge in [-0.05, 0) is 79.3 Å². The van der Waals surface area contributed by atoms with Crippen molar-refractivity contribution in [2.45, 2.75) is 77.9 Å². The van der Waals surface area contributed by atoms with Gasteiger partial charge in [-0.25, -0.2) is 0 Å². The molecule has 44 heavy (non-hydrogen) atoms. The number of carbonyl (C=O) groups excluding carboxylic acids is 1. The highest BCUT2D eigenvalue weighted by Gasteiger charge is 2.57. The van der Waals surface area contributed by atoms with Crippen LogP contribution in [0.2, 0.25) is 0 Å². The Morgan fingerprint density at radius 2 is 2.00 bits per heavy atom. The SMILES string of the molecule is CNCc1cc(-c2cccc(CN3O[C@@H](CN)[C@@H]([C@H](C)O)[C@H]3C(=O)NC3C[C@H]4C[C@@H]([C@@H]3C)C4(C)C)c2OC)cc(N(C)C)c1. The molecule has 8 atom stereocenters. The van der Waals surface area contributed by atoms with Crippen LogP contribution >= 0.6 is 0 Å². The number of nitrogens with one attached hydrogen (secondary N) is 2. The minimum atomic E-state index is -0.770. The normalized spacial score (nSPS) is 30.0. The molecule has 3 saturated carbocycles. The first-order valence-electron chi connectivity index (χ1n) is 16.1. The fourth-order valence-electron chi connectivity index (χ4n) is 8.27. The summed E-state index contributed by atoms with van der Waals surface area (Å²) in [5.41, 5.74) is 11.7. The first-order chi connectivity index (χ1) is 20.9.